The van der Waals surface area contributed by atoms with Gasteiger partial charge in [0.25, 0.3) is 5.91 Å². The molecule has 1 unspecified atom stereocenters. The van der Waals surface area contributed by atoms with Crippen LogP contribution in [0.3, 0.4) is 0 Å². The Morgan fingerprint density at radius 2 is 2.19 bits per heavy atom. The summed E-state index contributed by atoms with van der Waals surface area (Å²) < 4.78 is 0. The van der Waals surface area contributed by atoms with E-state index in [1.165, 1.54) is 30.6 Å². The average molecular weight is 310 g/mol. The van der Waals surface area contributed by atoms with E-state index in [9.17, 15) is 4.79 Å². The summed E-state index contributed by atoms with van der Waals surface area (Å²) in [6.45, 7) is 3.92. The highest BCUT2D eigenvalue weighted by Crippen LogP contribution is 2.29. The lowest BCUT2D eigenvalue weighted by Crippen LogP contribution is -2.32. The van der Waals surface area contributed by atoms with Gasteiger partial charge >= 0.3 is 0 Å². The number of anilines is 2. The van der Waals surface area contributed by atoms with Crippen LogP contribution in [-0.2, 0) is 0 Å². The highest BCUT2D eigenvalue weighted by Gasteiger charge is 2.25. The molecule has 118 valence electrons. The van der Waals surface area contributed by atoms with Crippen molar-refractivity contribution in [2.24, 2.45) is 5.92 Å². The molecule has 0 aliphatic carbocycles. The Morgan fingerprint density at radius 1 is 1.43 bits per heavy atom. The lowest BCUT2D eigenvalue weighted by molar-refractivity contribution is 0.0765. The summed E-state index contributed by atoms with van der Waals surface area (Å²) >= 11 is 1.39. The van der Waals surface area contributed by atoms with Crippen molar-refractivity contribution in [2.45, 2.75) is 39.0 Å². The van der Waals surface area contributed by atoms with Crippen LogP contribution in [0, 0.1) is 5.92 Å². The number of rotatable bonds is 4. The molecule has 0 bridgehead atoms. The van der Waals surface area contributed by atoms with Crippen molar-refractivity contribution >= 4 is 28.2 Å². The normalized spacial score (nSPS) is 19.4. The van der Waals surface area contributed by atoms with Crippen LogP contribution in [0.25, 0.3) is 0 Å². The number of aromatic nitrogens is 1. The van der Waals surface area contributed by atoms with Crippen LogP contribution < -0.4 is 10.6 Å². The molecule has 1 aliphatic rings. The molecular formula is C15H26N4OS. The number of carbonyl (C=O) groups is 1. The van der Waals surface area contributed by atoms with Gasteiger partial charge in [0.05, 0.1) is 0 Å². The second-order valence-electron chi connectivity index (χ2n) is 5.98. The van der Waals surface area contributed by atoms with Gasteiger partial charge in [-0.05, 0) is 25.2 Å². The van der Waals surface area contributed by atoms with E-state index in [1.54, 1.807) is 0 Å². The Bertz CT molecular complexity index is 486. The van der Waals surface area contributed by atoms with Gasteiger partial charge in [-0.25, -0.2) is 4.98 Å². The van der Waals surface area contributed by atoms with Crippen molar-refractivity contribution in [3.8, 4) is 0 Å². The van der Waals surface area contributed by atoms with Crippen molar-refractivity contribution in [3.63, 3.8) is 0 Å². The molecule has 0 saturated carbocycles. The fourth-order valence-corrected chi connectivity index (χ4v) is 3.75. The van der Waals surface area contributed by atoms with Crippen molar-refractivity contribution in [3.05, 3.63) is 4.88 Å². The SMILES string of the molecule is CCCC1CCCN(C(=O)c2sc(N(C)C)nc2N)CC1. The second kappa shape index (κ2) is 7.11. The number of nitrogens with zero attached hydrogens (tertiary/aromatic N) is 3. The average Bonchev–Trinajstić information content (AvgIpc) is 2.68. The third-order valence-electron chi connectivity index (χ3n) is 4.05. The summed E-state index contributed by atoms with van der Waals surface area (Å²) in [6.07, 6.45) is 5.94. The predicted molar refractivity (Wildman–Crippen MR) is 89.0 cm³/mol. The van der Waals surface area contributed by atoms with Crippen LogP contribution >= 0.6 is 11.3 Å². The Hall–Kier alpha value is -1.30. The molecule has 1 saturated heterocycles. The van der Waals surface area contributed by atoms with Crippen molar-refractivity contribution in [1.82, 2.24) is 9.88 Å². The molecule has 2 heterocycles. The van der Waals surface area contributed by atoms with Gasteiger partial charge < -0.3 is 15.5 Å². The standard InChI is InChI=1S/C15H26N4OS/c1-4-6-11-7-5-9-19(10-8-11)14(20)12-13(16)17-15(21-12)18(2)3/h11H,4-10,16H2,1-3H3. The first-order valence-electron chi connectivity index (χ1n) is 7.75. The van der Waals surface area contributed by atoms with Gasteiger partial charge in [-0.3, -0.25) is 4.79 Å². The van der Waals surface area contributed by atoms with Gasteiger partial charge in [-0.1, -0.05) is 31.1 Å². The minimum Gasteiger partial charge on any atom is -0.382 e. The van der Waals surface area contributed by atoms with Crippen LogP contribution in [0.4, 0.5) is 10.9 Å². The molecule has 2 rings (SSSR count). The van der Waals surface area contributed by atoms with Crippen LogP contribution in [0.2, 0.25) is 0 Å². The molecule has 1 aliphatic heterocycles. The van der Waals surface area contributed by atoms with Crippen molar-refractivity contribution < 1.29 is 4.79 Å². The fourth-order valence-electron chi connectivity index (χ4n) is 2.87. The number of nitrogens with two attached hydrogens (primary N) is 1. The summed E-state index contributed by atoms with van der Waals surface area (Å²) in [7, 11) is 3.82. The minimum atomic E-state index is 0.0512. The minimum absolute atomic E-state index is 0.0512. The molecular weight excluding hydrogens is 284 g/mol. The maximum atomic E-state index is 12.7. The van der Waals surface area contributed by atoms with Crippen LogP contribution in [-0.4, -0.2) is 43.0 Å². The van der Waals surface area contributed by atoms with Gasteiger partial charge in [0.15, 0.2) is 5.13 Å². The van der Waals surface area contributed by atoms with Crippen molar-refractivity contribution in [2.75, 3.05) is 37.8 Å². The molecule has 0 aromatic carbocycles. The lowest BCUT2D eigenvalue weighted by atomic mass is 9.96. The van der Waals surface area contributed by atoms with Gasteiger partial charge in [0.2, 0.25) is 0 Å². The summed E-state index contributed by atoms with van der Waals surface area (Å²) in [5, 5.41) is 0.787. The van der Waals surface area contributed by atoms with E-state index in [2.05, 4.69) is 11.9 Å². The Labute approximate surface area is 131 Å². The summed E-state index contributed by atoms with van der Waals surface area (Å²) in [5.74, 6) is 1.18. The molecule has 6 heteroatoms. The number of thiazole rings is 1. The van der Waals surface area contributed by atoms with Gasteiger partial charge in [0, 0.05) is 27.2 Å². The van der Waals surface area contributed by atoms with Crippen LogP contribution in [0.5, 0.6) is 0 Å². The second-order valence-corrected chi connectivity index (χ2v) is 6.96. The number of hydrogen-bond donors (Lipinski definition) is 1. The summed E-state index contributed by atoms with van der Waals surface area (Å²) in [6, 6.07) is 0. The topological polar surface area (TPSA) is 62.5 Å². The van der Waals surface area contributed by atoms with E-state index in [-0.39, 0.29) is 5.91 Å². The first kappa shape index (κ1) is 16.1. The summed E-state index contributed by atoms with van der Waals surface area (Å²) in [5.41, 5.74) is 5.93. The quantitative estimate of drug-likeness (QED) is 0.929. The monoisotopic (exact) mass is 310 g/mol. The maximum absolute atomic E-state index is 12.7. The highest BCUT2D eigenvalue weighted by atomic mass is 32.1. The lowest BCUT2D eigenvalue weighted by Gasteiger charge is -2.20. The number of likely N-dealkylation sites (tertiary alicyclic amines) is 1. The zero-order chi connectivity index (χ0) is 15.4. The Balaban J connectivity index is 2.06. The van der Waals surface area contributed by atoms with E-state index in [4.69, 9.17) is 5.73 Å². The van der Waals surface area contributed by atoms with Gasteiger partial charge in [0.1, 0.15) is 10.7 Å². The highest BCUT2D eigenvalue weighted by molar-refractivity contribution is 7.18. The molecule has 21 heavy (non-hydrogen) atoms. The van der Waals surface area contributed by atoms with E-state index in [0.717, 1.165) is 37.0 Å². The number of carbonyl (C=O) groups excluding carboxylic acids is 1. The van der Waals surface area contributed by atoms with E-state index in [1.807, 2.05) is 23.9 Å². The molecule has 0 spiro atoms. The summed E-state index contributed by atoms with van der Waals surface area (Å²) in [4.78, 5) is 21.4. The van der Waals surface area contributed by atoms with Gasteiger partial charge in [-0.15, -0.1) is 0 Å². The van der Waals surface area contributed by atoms with E-state index < -0.39 is 0 Å². The number of nitrogen functional groups attached to an aromatic ring is 1. The first-order valence-corrected chi connectivity index (χ1v) is 8.57. The molecule has 1 atom stereocenters. The number of amides is 1. The third kappa shape index (κ3) is 3.87. The molecule has 1 aromatic rings. The molecule has 1 fully saturated rings. The molecule has 5 nitrogen and oxygen atoms in total. The number of hydrogen-bond acceptors (Lipinski definition) is 5. The zero-order valence-corrected chi connectivity index (χ0v) is 14.1. The molecule has 2 N–H and O–H groups in total. The fraction of sp³-hybridized carbons (Fsp3) is 0.733. The van der Waals surface area contributed by atoms with E-state index in [0.29, 0.717) is 10.7 Å². The predicted octanol–water partition coefficient (Wildman–Crippen LogP) is 2.83. The largest absolute Gasteiger partial charge is 0.382 e. The Kier molecular flexibility index (Phi) is 5.45. The molecule has 0 radical (unpaired) electrons. The van der Waals surface area contributed by atoms with E-state index >= 15 is 0 Å². The van der Waals surface area contributed by atoms with Crippen LogP contribution in [0.1, 0.15) is 48.7 Å². The third-order valence-corrected chi connectivity index (χ3v) is 5.28. The zero-order valence-electron chi connectivity index (χ0n) is 13.3. The Morgan fingerprint density at radius 3 is 2.81 bits per heavy atom. The maximum Gasteiger partial charge on any atom is 0.267 e. The van der Waals surface area contributed by atoms with Crippen LogP contribution in [0.15, 0.2) is 0 Å². The first-order chi connectivity index (χ1) is 10.0. The molecule has 1 amide bonds. The van der Waals surface area contributed by atoms with Gasteiger partial charge in [-0.2, -0.15) is 0 Å². The van der Waals surface area contributed by atoms with Crippen molar-refractivity contribution in [1.29, 1.82) is 0 Å². The smallest absolute Gasteiger partial charge is 0.267 e. The molecule has 1 aromatic heterocycles.